The van der Waals surface area contributed by atoms with Gasteiger partial charge in [0.05, 0.1) is 13.2 Å². The Hall–Kier alpha value is -0.520. The van der Waals surface area contributed by atoms with Gasteiger partial charge in [-0.25, -0.2) is 4.79 Å². The van der Waals surface area contributed by atoms with Crippen molar-refractivity contribution in [3.8, 4) is 0 Å². The van der Waals surface area contributed by atoms with E-state index in [2.05, 4.69) is 13.8 Å². The molecule has 0 bridgehead atoms. The van der Waals surface area contributed by atoms with Gasteiger partial charge in [-0.1, -0.05) is 13.8 Å². The van der Waals surface area contributed by atoms with Gasteiger partial charge in [-0.05, 0) is 12.0 Å². The van der Waals surface area contributed by atoms with Crippen molar-refractivity contribution >= 4 is 18.4 Å². The maximum Gasteiger partial charge on any atom is 0.319 e. The van der Waals surface area contributed by atoms with Gasteiger partial charge in [-0.15, -0.1) is 12.4 Å². The summed E-state index contributed by atoms with van der Waals surface area (Å²) in [5.41, 5.74) is 5.63. The van der Waals surface area contributed by atoms with Crippen molar-refractivity contribution in [2.45, 2.75) is 13.8 Å². The Kier molecular flexibility index (Phi) is 6.82. The first-order valence-corrected chi connectivity index (χ1v) is 5.74. The number of hydrogen-bond donors (Lipinski definition) is 1. The Morgan fingerprint density at radius 1 is 1.41 bits per heavy atom. The van der Waals surface area contributed by atoms with E-state index in [1.807, 2.05) is 11.9 Å². The predicted octanol–water partition coefficient (Wildman–Crippen LogP) is 0.777. The molecule has 0 aromatic heterocycles. The maximum atomic E-state index is 12.0. The fourth-order valence-electron chi connectivity index (χ4n) is 1.77. The molecule has 102 valence electrons. The highest BCUT2D eigenvalue weighted by atomic mass is 35.5. The fraction of sp³-hybridized carbons (Fsp3) is 0.909. The summed E-state index contributed by atoms with van der Waals surface area (Å²) >= 11 is 0. The van der Waals surface area contributed by atoms with E-state index < -0.39 is 0 Å². The fourth-order valence-corrected chi connectivity index (χ4v) is 1.77. The van der Waals surface area contributed by atoms with Gasteiger partial charge in [-0.3, -0.25) is 0 Å². The number of nitrogens with zero attached hydrogens (tertiary/aromatic N) is 2. The second-order valence-corrected chi connectivity index (χ2v) is 5.11. The van der Waals surface area contributed by atoms with E-state index in [0.29, 0.717) is 39.4 Å². The van der Waals surface area contributed by atoms with Crippen molar-refractivity contribution in [2.24, 2.45) is 11.1 Å². The summed E-state index contributed by atoms with van der Waals surface area (Å²) in [7, 11) is 1.83. The van der Waals surface area contributed by atoms with Gasteiger partial charge in [0.1, 0.15) is 0 Å². The molecule has 0 aromatic rings. The number of rotatable bonds is 3. The van der Waals surface area contributed by atoms with Crippen LogP contribution >= 0.6 is 12.4 Å². The zero-order valence-electron chi connectivity index (χ0n) is 10.9. The molecule has 17 heavy (non-hydrogen) atoms. The lowest BCUT2D eigenvalue weighted by Crippen LogP contribution is -2.49. The van der Waals surface area contributed by atoms with E-state index in [1.165, 1.54) is 0 Å². The standard InChI is InChI=1S/C11H23N3O2.ClH/c1-11(2,8-12)9-13(3)10(15)14-4-6-16-7-5-14;/h4-9,12H2,1-3H3;1H. The van der Waals surface area contributed by atoms with Crippen molar-refractivity contribution in [3.63, 3.8) is 0 Å². The largest absolute Gasteiger partial charge is 0.378 e. The average Bonchev–Trinajstić information content (AvgIpc) is 2.28. The third-order valence-electron chi connectivity index (χ3n) is 2.83. The smallest absolute Gasteiger partial charge is 0.319 e. The molecular formula is C11H24ClN3O2. The highest BCUT2D eigenvalue weighted by Gasteiger charge is 2.25. The van der Waals surface area contributed by atoms with Gasteiger partial charge >= 0.3 is 6.03 Å². The lowest BCUT2D eigenvalue weighted by Gasteiger charge is -2.34. The number of amides is 2. The van der Waals surface area contributed by atoms with Crippen LogP contribution in [-0.2, 0) is 4.74 Å². The van der Waals surface area contributed by atoms with Gasteiger partial charge in [-0.2, -0.15) is 0 Å². The number of carbonyl (C=O) groups is 1. The van der Waals surface area contributed by atoms with Crippen molar-refractivity contribution in [1.82, 2.24) is 9.80 Å². The molecule has 1 saturated heterocycles. The molecule has 1 fully saturated rings. The van der Waals surface area contributed by atoms with Gasteiger partial charge < -0.3 is 20.3 Å². The molecule has 6 heteroatoms. The Morgan fingerprint density at radius 2 is 1.94 bits per heavy atom. The Labute approximate surface area is 110 Å². The first-order chi connectivity index (χ1) is 7.46. The number of halogens is 1. The molecule has 1 heterocycles. The summed E-state index contributed by atoms with van der Waals surface area (Å²) in [4.78, 5) is 15.6. The van der Waals surface area contributed by atoms with Crippen LogP contribution in [-0.4, -0.2) is 62.3 Å². The molecule has 1 aliphatic heterocycles. The van der Waals surface area contributed by atoms with Crippen LogP contribution in [0.25, 0.3) is 0 Å². The van der Waals surface area contributed by atoms with Crippen LogP contribution in [0.4, 0.5) is 4.79 Å². The summed E-state index contributed by atoms with van der Waals surface area (Å²) in [6, 6.07) is 0.0739. The maximum absolute atomic E-state index is 12.0. The first kappa shape index (κ1) is 16.5. The zero-order valence-corrected chi connectivity index (χ0v) is 11.8. The third-order valence-corrected chi connectivity index (χ3v) is 2.83. The van der Waals surface area contributed by atoms with E-state index in [4.69, 9.17) is 10.5 Å². The molecule has 5 nitrogen and oxygen atoms in total. The summed E-state index contributed by atoms with van der Waals surface area (Å²) in [5.74, 6) is 0. The molecule has 0 spiro atoms. The number of nitrogens with two attached hydrogens (primary N) is 1. The molecule has 0 saturated carbocycles. The molecule has 1 rings (SSSR count). The van der Waals surface area contributed by atoms with Crippen LogP contribution in [0, 0.1) is 5.41 Å². The van der Waals surface area contributed by atoms with Gasteiger partial charge in [0.2, 0.25) is 0 Å². The van der Waals surface area contributed by atoms with Gasteiger partial charge in [0.25, 0.3) is 0 Å². The van der Waals surface area contributed by atoms with E-state index in [0.717, 1.165) is 0 Å². The molecule has 0 aliphatic carbocycles. The highest BCUT2D eigenvalue weighted by molar-refractivity contribution is 5.85. The lowest BCUT2D eigenvalue weighted by atomic mass is 9.93. The van der Waals surface area contributed by atoms with Gasteiger partial charge in [0.15, 0.2) is 0 Å². The van der Waals surface area contributed by atoms with Gasteiger partial charge in [0, 0.05) is 26.7 Å². The monoisotopic (exact) mass is 265 g/mol. The number of carbonyl (C=O) groups excluding carboxylic acids is 1. The Balaban J connectivity index is 0.00000256. The molecule has 2 N–H and O–H groups in total. The highest BCUT2D eigenvalue weighted by Crippen LogP contribution is 2.15. The van der Waals surface area contributed by atoms with Crippen LogP contribution in [0.3, 0.4) is 0 Å². The topological polar surface area (TPSA) is 58.8 Å². The van der Waals surface area contributed by atoms with Crippen molar-refractivity contribution < 1.29 is 9.53 Å². The molecule has 0 atom stereocenters. The number of hydrogen-bond acceptors (Lipinski definition) is 3. The molecule has 0 aromatic carbocycles. The normalized spacial score (nSPS) is 16.4. The summed E-state index contributed by atoms with van der Waals surface area (Å²) in [6.07, 6.45) is 0. The van der Waals surface area contributed by atoms with Crippen LogP contribution in [0.1, 0.15) is 13.8 Å². The second-order valence-electron chi connectivity index (χ2n) is 5.11. The van der Waals surface area contributed by atoms with Crippen LogP contribution in [0.5, 0.6) is 0 Å². The molecular weight excluding hydrogens is 242 g/mol. The molecule has 1 aliphatic rings. The minimum Gasteiger partial charge on any atom is -0.378 e. The van der Waals surface area contributed by atoms with Crippen molar-refractivity contribution in [2.75, 3.05) is 46.4 Å². The van der Waals surface area contributed by atoms with E-state index in [-0.39, 0.29) is 23.9 Å². The summed E-state index contributed by atoms with van der Waals surface area (Å²) in [5, 5.41) is 0. The molecule has 0 radical (unpaired) electrons. The number of ether oxygens (including phenoxy) is 1. The Bertz CT molecular complexity index is 243. The minimum absolute atomic E-state index is 0. The van der Waals surface area contributed by atoms with Crippen molar-refractivity contribution in [3.05, 3.63) is 0 Å². The molecule has 0 unspecified atom stereocenters. The minimum atomic E-state index is -0.0311. The Morgan fingerprint density at radius 3 is 2.41 bits per heavy atom. The average molecular weight is 266 g/mol. The number of morpholine rings is 1. The molecule has 2 amide bonds. The van der Waals surface area contributed by atoms with Crippen molar-refractivity contribution in [1.29, 1.82) is 0 Å². The first-order valence-electron chi connectivity index (χ1n) is 5.74. The quantitative estimate of drug-likeness (QED) is 0.820. The van der Waals surface area contributed by atoms with E-state index in [1.54, 1.807) is 4.90 Å². The number of urea groups is 1. The van der Waals surface area contributed by atoms with Crippen LogP contribution < -0.4 is 5.73 Å². The lowest BCUT2D eigenvalue weighted by molar-refractivity contribution is 0.0428. The third kappa shape index (κ3) is 5.10. The van der Waals surface area contributed by atoms with E-state index >= 15 is 0 Å². The summed E-state index contributed by atoms with van der Waals surface area (Å²) in [6.45, 7) is 8.04. The van der Waals surface area contributed by atoms with Crippen LogP contribution in [0.2, 0.25) is 0 Å². The predicted molar refractivity (Wildman–Crippen MR) is 70.5 cm³/mol. The second kappa shape index (κ2) is 7.03. The van der Waals surface area contributed by atoms with Crippen LogP contribution in [0.15, 0.2) is 0 Å². The zero-order chi connectivity index (χ0) is 12.2. The summed E-state index contributed by atoms with van der Waals surface area (Å²) < 4.78 is 5.22. The SMILES string of the molecule is CN(CC(C)(C)CN)C(=O)N1CCOCC1.Cl. The van der Waals surface area contributed by atoms with E-state index in [9.17, 15) is 4.79 Å².